The summed E-state index contributed by atoms with van der Waals surface area (Å²) < 4.78 is 0. The number of hydrogen-bond donors (Lipinski definition) is 1. The Hall–Kier alpha value is -0.0800. The van der Waals surface area contributed by atoms with Crippen molar-refractivity contribution >= 4 is 0 Å². The summed E-state index contributed by atoms with van der Waals surface area (Å²) in [6.45, 7) is 5.06. The molecule has 0 unspecified atom stereocenters. The van der Waals surface area contributed by atoms with Gasteiger partial charge < -0.3 is 5.11 Å². The Kier molecular flexibility index (Phi) is 2.58. The van der Waals surface area contributed by atoms with E-state index >= 15 is 0 Å². The smallest absolute Gasteiger partial charge is 0.0589 e. The Balaban J connectivity index is 1.80. The van der Waals surface area contributed by atoms with Gasteiger partial charge in [-0.05, 0) is 75.8 Å². The van der Waals surface area contributed by atoms with Crippen molar-refractivity contribution in [1.82, 2.24) is 4.90 Å². The third-order valence-electron chi connectivity index (χ3n) is 6.72. The van der Waals surface area contributed by atoms with Crippen LogP contribution in [0.4, 0.5) is 0 Å². The van der Waals surface area contributed by atoms with E-state index in [-0.39, 0.29) is 6.10 Å². The van der Waals surface area contributed by atoms with E-state index in [1.165, 1.54) is 51.6 Å². The molecule has 2 aliphatic heterocycles. The van der Waals surface area contributed by atoms with E-state index in [2.05, 4.69) is 11.8 Å². The van der Waals surface area contributed by atoms with Crippen molar-refractivity contribution in [2.75, 3.05) is 13.1 Å². The second-order valence-electron chi connectivity index (χ2n) is 7.58. The van der Waals surface area contributed by atoms with Crippen LogP contribution >= 0.6 is 0 Å². The van der Waals surface area contributed by atoms with Crippen LogP contribution in [0.1, 0.15) is 51.9 Å². The average Bonchev–Trinajstić information content (AvgIpc) is 2.33. The zero-order chi connectivity index (χ0) is 12.3. The fourth-order valence-corrected chi connectivity index (χ4v) is 6.43. The Morgan fingerprint density at radius 3 is 2.56 bits per heavy atom. The highest BCUT2D eigenvalue weighted by molar-refractivity contribution is 5.15. The molecule has 18 heavy (non-hydrogen) atoms. The Morgan fingerprint density at radius 1 is 1.06 bits per heavy atom. The molecule has 2 saturated heterocycles. The maximum Gasteiger partial charge on any atom is 0.0589 e. The van der Waals surface area contributed by atoms with Gasteiger partial charge >= 0.3 is 0 Å². The molecule has 0 aromatic carbocycles. The number of nitrogens with zero attached hydrogens (tertiary/aromatic N) is 1. The largest absolute Gasteiger partial charge is 0.393 e. The third-order valence-corrected chi connectivity index (χ3v) is 6.72. The van der Waals surface area contributed by atoms with Gasteiger partial charge in [-0.2, -0.15) is 0 Å². The Bertz CT molecular complexity index is 330. The lowest BCUT2D eigenvalue weighted by Gasteiger charge is -2.67. The monoisotopic (exact) mass is 249 g/mol. The minimum absolute atomic E-state index is 0.000324. The summed E-state index contributed by atoms with van der Waals surface area (Å²) in [5, 5.41) is 10.6. The predicted molar refractivity (Wildman–Crippen MR) is 72.3 cm³/mol. The molecule has 2 bridgehead atoms. The third kappa shape index (κ3) is 1.37. The molecule has 0 radical (unpaired) electrons. The molecule has 0 amide bonds. The van der Waals surface area contributed by atoms with Gasteiger partial charge in [-0.1, -0.05) is 6.92 Å². The zero-order valence-electron chi connectivity index (χ0n) is 11.6. The molecule has 2 aliphatic carbocycles. The average molecular weight is 249 g/mol. The van der Waals surface area contributed by atoms with Crippen molar-refractivity contribution in [3.8, 4) is 0 Å². The summed E-state index contributed by atoms with van der Waals surface area (Å²) in [5.41, 5.74) is 0.413. The maximum atomic E-state index is 10.6. The molecule has 2 heteroatoms. The molecule has 4 fully saturated rings. The van der Waals surface area contributed by atoms with Gasteiger partial charge in [0.25, 0.3) is 0 Å². The molecule has 2 nitrogen and oxygen atoms in total. The number of piperidine rings is 2. The number of aliphatic hydroxyl groups excluding tert-OH is 1. The van der Waals surface area contributed by atoms with Gasteiger partial charge in [-0.15, -0.1) is 0 Å². The number of rotatable bonds is 0. The van der Waals surface area contributed by atoms with E-state index in [0.29, 0.717) is 11.5 Å². The summed E-state index contributed by atoms with van der Waals surface area (Å²) in [6, 6.07) is 0. The first-order valence-corrected chi connectivity index (χ1v) is 8.15. The van der Waals surface area contributed by atoms with Crippen molar-refractivity contribution in [3.63, 3.8) is 0 Å². The fraction of sp³-hybridized carbons (Fsp3) is 1.00. The van der Waals surface area contributed by atoms with Crippen LogP contribution < -0.4 is 0 Å². The second-order valence-corrected chi connectivity index (χ2v) is 7.58. The Labute approximate surface area is 111 Å². The summed E-state index contributed by atoms with van der Waals surface area (Å²) in [5.74, 6) is 3.20. The molecular weight excluding hydrogens is 222 g/mol. The van der Waals surface area contributed by atoms with E-state index < -0.39 is 0 Å². The molecule has 1 spiro atoms. The topological polar surface area (TPSA) is 23.5 Å². The van der Waals surface area contributed by atoms with Crippen LogP contribution in [0.15, 0.2) is 0 Å². The first-order valence-electron chi connectivity index (χ1n) is 8.15. The van der Waals surface area contributed by atoms with E-state index in [0.717, 1.165) is 24.2 Å². The van der Waals surface area contributed by atoms with Gasteiger partial charge in [0.1, 0.15) is 0 Å². The van der Waals surface area contributed by atoms with Gasteiger partial charge in [-0.3, -0.25) is 4.90 Å². The predicted octanol–water partition coefficient (Wildman–Crippen LogP) is 2.66. The fourth-order valence-electron chi connectivity index (χ4n) is 6.43. The van der Waals surface area contributed by atoms with E-state index in [1.807, 2.05) is 0 Å². The van der Waals surface area contributed by atoms with Gasteiger partial charge in [0.15, 0.2) is 0 Å². The maximum absolute atomic E-state index is 10.6. The molecule has 4 rings (SSSR count). The standard InChI is InChI=1S/C16H27NO/c1-11-8-12-9-15(18)14-5-3-7-17-6-2-4-13(12)16(14,17)10-11/h11-15,18H,2-10H2,1H3/t11-,12-,13+,14-,15+,16+/m0/s1. The van der Waals surface area contributed by atoms with Gasteiger partial charge in [0.2, 0.25) is 0 Å². The lowest BCUT2D eigenvalue weighted by molar-refractivity contribution is -0.194. The lowest BCUT2D eigenvalue weighted by atomic mass is 9.48. The van der Waals surface area contributed by atoms with Crippen molar-refractivity contribution in [3.05, 3.63) is 0 Å². The minimum Gasteiger partial charge on any atom is -0.393 e. The van der Waals surface area contributed by atoms with Gasteiger partial charge in [0.05, 0.1) is 6.10 Å². The van der Waals surface area contributed by atoms with Crippen LogP contribution in [0.5, 0.6) is 0 Å². The van der Waals surface area contributed by atoms with Crippen LogP contribution in [0, 0.1) is 23.7 Å². The van der Waals surface area contributed by atoms with Crippen molar-refractivity contribution in [1.29, 1.82) is 0 Å². The van der Waals surface area contributed by atoms with Crippen molar-refractivity contribution in [2.45, 2.75) is 63.5 Å². The lowest BCUT2D eigenvalue weighted by Crippen LogP contribution is -2.72. The van der Waals surface area contributed by atoms with Crippen molar-refractivity contribution in [2.24, 2.45) is 23.7 Å². The summed E-state index contributed by atoms with van der Waals surface area (Å²) in [7, 11) is 0. The first kappa shape index (κ1) is 11.7. The van der Waals surface area contributed by atoms with Crippen LogP contribution in [0.25, 0.3) is 0 Å². The summed E-state index contributed by atoms with van der Waals surface area (Å²) in [6.07, 6.45) is 9.30. The molecule has 2 saturated carbocycles. The van der Waals surface area contributed by atoms with Crippen LogP contribution in [0.2, 0.25) is 0 Å². The van der Waals surface area contributed by atoms with E-state index in [9.17, 15) is 5.11 Å². The molecule has 0 aromatic heterocycles. The van der Waals surface area contributed by atoms with Crippen LogP contribution in [-0.2, 0) is 0 Å². The summed E-state index contributed by atoms with van der Waals surface area (Å²) >= 11 is 0. The minimum atomic E-state index is -0.000324. The molecule has 0 aromatic rings. The summed E-state index contributed by atoms with van der Waals surface area (Å²) in [4.78, 5) is 2.82. The van der Waals surface area contributed by atoms with E-state index in [4.69, 9.17) is 0 Å². The second kappa shape index (κ2) is 3.96. The van der Waals surface area contributed by atoms with Crippen LogP contribution in [0.3, 0.4) is 0 Å². The van der Waals surface area contributed by atoms with Crippen LogP contribution in [-0.4, -0.2) is 34.7 Å². The highest BCUT2D eigenvalue weighted by atomic mass is 16.3. The van der Waals surface area contributed by atoms with E-state index in [1.54, 1.807) is 0 Å². The Morgan fingerprint density at radius 2 is 1.78 bits per heavy atom. The SMILES string of the molecule is C[C@H]1C[C@H]2C[C@@H](O)[C@@H]3CCCN4CCC[C@H]2[C@]34C1. The molecule has 4 aliphatic rings. The number of aliphatic hydroxyl groups is 1. The molecular formula is C16H27NO. The zero-order valence-corrected chi connectivity index (χ0v) is 11.6. The van der Waals surface area contributed by atoms with Crippen molar-refractivity contribution < 1.29 is 5.11 Å². The molecule has 6 atom stereocenters. The highest BCUT2D eigenvalue weighted by Gasteiger charge is 2.61. The quantitative estimate of drug-likeness (QED) is 0.713. The first-order chi connectivity index (χ1) is 8.72. The highest BCUT2D eigenvalue weighted by Crippen LogP contribution is 2.60. The van der Waals surface area contributed by atoms with Gasteiger partial charge in [-0.25, -0.2) is 0 Å². The van der Waals surface area contributed by atoms with Gasteiger partial charge in [0, 0.05) is 11.5 Å². The molecule has 102 valence electrons. The number of hydrogen-bond acceptors (Lipinski definition) is 2. The molecule has 1 N–H and O–H groups in total. The molecule has 2 heterocycles. The normalized spacial score (nSPS) is 56.0.